The van der Waals surface area contributed by atoms with Crippen molar-refractivity contribution in [3.63, 3.8) is 0 Å². The van der Waals surface area contributed by atoms with Crippen molar-refractivity contribution in [2.45, 2.75) is 13.3 Å². The molecule has 0 spiro atoms. The summed E-state index contributed by atoms with van der Waals surface area (Å²) in [6.07, 6.45) is 0.599. The average Bonchev–Trinajstić information content (AvgIpc) is 2.79. The monoisotopic (exact) mass is 264 g/mol. The molecule has 0 aromatic heterocycles. The van der Waals surface area contributed by atoms with Gasteiger partial charge in [0.05, 0.1) is 20.3 Å². The minimum Gasteiger partial charge on any atom is -0.468 e. The van der Waals surface area contributed by atoms with Gasteiger partial charge in [0.15, 0.2) is 11.5 Å². The molecule has 2 aliphatic rings. The van der Waals surface area contributed by atoms with E-state index in [4.69, 9.17) is 18.9 Å². The minimum atomic E-state index is -0.548. The van der Waals surface area contributed by atoms with Crippen LogP contribution >= 0.6 is 0 Å². The van der Waals surface area contributed by atoms with Crippen LogP contribution in [0.2, 0.25) is 0 Å². The molecule has 19 heavy (non-hydrogen) atoms. The van der Waals surface area contributed by atoms with Crippen LogP contribution in [0.5, 0.6) is 11.5 Å². The molecule has 0 radical (unpaired) electrons. The molecule has 1 saturated heterocycles. The maximum absolute atomic E-state index is 11.9. The number of aryl methyl sites for hydroxylation is 1. The first kappa shape index (κ1) is 12.3. The van der Waals surface area contributed by atoms with Crippen molar-refractivity contribution >= 4 is 5.97 Å². The van der Waals surface area contributed by atoms with E-state index in [2.05, 4.69) is 0 Å². The van der Waals surface area contributed by atoms with Gasteiger partial charge < -0.3 is 18.9 Å². The predicted octanol–water partition coefficient (Wildman–Crippen LogP) is 1.46. The highest BCUT2D eigenvalue weighted by Gasteiger charge is 2.47. The standard InChI is InChI=1S/C14H16O5/c1-9-3-11-12(19-8-18-11)4-10(9)5-14(6-17-7-14)13(15)16-2/h3-4H,5-8H2,1-2H3. The van der Waals surface area contributed by atoms with Gasteiger partial charge in [0.2, 0.25) is 6.79 Å². The molecular weight excluding hydrogens is 248 g/mol. The molecule has 0 atom stereocenters. The third kappa shape index (κ3) is 1.94. The summed E-state index contributed by atoms with van der Waals surface area (Å²) in [4.78, 5) is 11.9. The number of benzene rings is 1. The molecule has 2 heterocycles. The van der Waals surface area contributed by atoms with Gasteiger partial charge in [-0.15, -0.1) is 0 Å². The summed E-state index contributed by atoms with van der Waals surface area (Å²) in [6.45, 7) is 3.08. The van der Waals surface area contributed by atoms with Crippen LogP contribution < -0.4 is 9.47 Å². The molecule has 0 N–H and O–H groups in total. The molecule has 0 aliphatic carbocycles. The van der Waals surface area contributed by atoms with Gasteiger partial charge in [-0.25, -0.2) is 0 Å². The minimum absolute atomic E-state index is 0.212. The van der Waals surface area contributed by atoms with E-state index in [1.54, 1.807) is 0 Å². The summed E-state index contributed by atoms with van der Waals surface area (Å²) in [5, 5.41) is 0. The van der Waals surface area contributed by atoms with Gasteiger partial charge in [0.25, 0.3) is 0 Å². The van der Waals surface area contributed by atoms with Crippen LogP contribution in [0.15, 0.2) is 12.1 Å². The summed E-state index contributed by atoms with van der Waals surface area (Å²) in [7, 11) is 1.41. The molecule has 3 rings (SSSR count). The number of carbonyl (C=O) groups excluding carboxylic acids is 1. The number of ether oxygens (including phenoxy) is 4. The largest absolute Gasteiger partial charge is 0.468 e. The SMILES string of the molecule is COC(=O)C1(Cc2cc3c(cc2C)OCO3)COC1. The molecule has 1 aromatic carbocycles. The first-order valence-electron chi connectivity index (χ1n) is 6.20. The van der Waals surface area contributed by atoms with Crippen LogP contribution in [0.25, 0.3) is 0 Å². The predicted molar refractivity (Wildman–Crippen MR) is 66.3 cm³/mol. The number of methoxy groups -OCH3 is 1. The van der Waals surface area contributed by atoms with E-state index in [0.717, 1.165) is 22.6 Å². The van der Waals surface area contributed by atoms with Gasteiger partial charge in [-0.05, 0) is 36.6 Å². The van der Waals surface area contributed by atoms with Crippen LogP contribution in [0.3, 0.4) is 0 Å². The number of hydrogen-bond donors (Lipinski definition) is 0. The molecule has 5 nitrogen and oxygen atoms in total. The van der Waals surface area contributed by atoms with Crippen LogP contribution in [-0.4, -0.2) is 33.1 Å². The van der Waals surface area contributed by atoms with E-state index in [0.29, 0.717) is 19.6 Å². The second kappa shape index (κ2) is 4.42. The van der Waals surface area contributed by atoms with Crippen molar-refractivity contribution in [1.82, 2.24) is 0 Å². The molecule has 0 saturated carbocycles. The van der Waals surface area contributed by atoms with Gasteiger partial charge in [0, 0.05) is 0 Å². The fourth-order valence-corrected chi connectivity index (χ4v) is 2.50. The third-order valence-corrected chi connectivity index (χ3v) is 3.74. The van der Waals surface area contributed by atoms with Crippen LogP contribution in [0.1, 0.15) is 11.1 Å². The Morgan fingerprint density at radius 3 is 2.58 bits per heavy atom. The maximum atomic E-state index is 11.9. The number of hydrogen-bond acceptors (Lipinski definition) is 5. The Balaban J connectivity index is 1.89. The summed E-state index contributed by atoms with van der Waals surface area (Å²) in [5.74, 6) is 1.29. The first-order chi connectivity index (χ1) is 9.14. The number of rotatable bonds is 3. The molecule has 102 valence electrons. The fourth-order valence-electron chi connectivity index (χ4n) is 2.50. The van der Waals surface area contributed by atoms with Crippen LogP contribution in [0, 0.1) is 12.3 Å². The van der Waals surface area contributed by atoms with Gasteiger partial charge >= 0.3 is 5.97 Å². The Morgan fingerprint density at radius 2 is 2.00 bits per heavy atom. The lowest BCUT2D eigenvalue weighted by atomic mass is 9.79. The van der Waals surface area contributed by atoms with Crippen molar-refractivity contribution in [3.05, 3.63) is 23.3 Å². The van der Waals surface area contributed by atoms with E-state index in [-0.39, 0.29) is 12.8 Å². The lowest BCUT2D eigenvalue weighted by Gasteiger charge is -2.38. The summed E-state index contributed by atoms with van der Waals surface area (Å²) < 4.78 is 20.8. The van der Waals surface area contributed by atoms with E-state index >= 15 is 0 Å². The van der Waals surface area contributed by atoms with Crippen molar-refractivity contribution in [2.24, 2.45) is 5.41 Å². The van der Waals surface area contributed by atoms with Crippen molar-refractivity contribution < 1.29 is 23.7 Å². The smallest absolute Gasteiger partial charge is 0.316 e. The fraction of sp³-hybridized carbons (Fsp3) is 0.500. The Kier molecular flexibility index (Phi) is 2.86. The Bertz CT molecular complexity index is 519. The number of carbonyl (C=O) groups is 1. The Morgan fingerprint density at radius 1 is 1.32 bits per heavy atom. The van der Waals surface area contributed by atoms with E-state index < -0.39 is 5.41 Å². The molecule has 5 heteroatoms. The third-order valence-electron chi connectivity index (χ3n) is 3.74. The van der Waals surface area contributed by atoms with Crippen molar-refractivity contribution in [1.29, 1.82) is 0 Å². The van der Waals surface area contributed by atoms with Gasteiger partial charge in [-0.3, -0.25) is 4.79 Å². The highest BCUT2D eigenvalue weighted by atomic mass is 16.7. The summed E-state index contributed by atoms with van der Waals surface area (Å²) >= 11 is 0. The Labute approximate surface area is 111 Å². The second-order valence-electron chi connectivity index (χ2n) is 5.07. The first-order valence-corrected chi connectivity index (χ1v) is 6.20. The molecule has 2 aliphatic heterocycles. The molecule has 0 unspecified atom stereocenters. The quantitative estimate of drug-likeness (QED) is 0.773. The highest BCUT2D eigenvalue weighted by Crippen LogP contribution is 2.39. The molecule has 1 aromatic rings. The normalized spacial score (nSPS) is 18.8. The van der Waals surface area contributed by atoms with Gasteiger partial charge in [-0.2, -0.15) is 0 Å². The lowest BCUT2D eigenvalue weighted by Crippen LogP contribution is -2.51. The zero-order valence-electron chi connectivity index (χ0n) is 11.0. The summed E-state index contributed by atoms with van der Waals surface area (Å²) in [5.41, 5.74) is 1.60. The van der Waals surface area contributed by atoms with Crippen LogP contribution in [-0.2, 0) is 20.7 Å². The van der Waals surface area contributed by atoms with Gasteiger partial charge in [-0.1, -0.05) is 0 Å². The number of fused-ring (bicyclic) bond motifs is 1. The van der Waals surface area contributed by atoms with Gasteiger partial charge in [0.1, 0.15) is 5.41 Å². The lowest BCUT2D eigenvalue weighted by molar-refractivity contribution is -0.182. The van der Waals surface area contributed by atoms with Crippen LogP contribution in [0.4, 0.5) is 0 Å². The molecule has 0 amide bonds. The molecular formula is C14H16O5. The van der Waals surface area contributed by atoms with E-state index in [9.17, 15) is 4.79 Å². The maximum Gasteiger partial charge on any atom is 0.316 e. The van der Waals surface area contributed by atoms with E-state index in [1.807, 2.05) is 19.1 Å². The van der Waals surface area contributed by atoms with Crippen molar-refractivity contribution in [2.75, 3.05) is 27.1 Å². The number of esters is 1. The van der Waals surface area contributed by atoms with Crippen molar-refractivity contribution in [3.8, 4) is 11.5 Å². The zero-order chi connectivity index (χ0) is 13.5. The highest BCUT2D eigenvalue weighted by molar-refractivity contribution is 5.78. The Hall–Kier alpha value is -1.75. The molecule has 1 fully saturated rings. The van der Waals surface area contributed by atoms with E-state index in [1.165, 1.54) is 7.11 Å². The summed E-state index contributed by atoms with van der Waals surface area (Å²) in [6, 6.07) is 3.89. The topological polar surface area (TPSA) is 54.0 Å². The second-order valence-corrected chi connectivity index (χ2v) is 5.07. The average molecular weight is 264 g/mol. The molecule has 0 bridgehead atoms. The zero-order valence-corrected chi connectivity index (χ0v) is 11.0.